The van der Waals surface area contributed by atoms with Crippen molar-refractivity contribution in [1.82, 2.24) is 81.7 Å². The summed E-state index contributed by atoms with van der Waals surface area (Å²) in [4.78, 5) is 134. The van der Waals surface area contributed by atoms with Crippen molar-refractivity contribution < 1.29 is 76.3 Å². The first-order valence-electron chi connectivity index (χ1n) is 52.3. The Balaban J connectivity index is 2.43. The predicted molar refractivity (Wildman–Crippen MR) is 562 cm³/mol. The molecule has 32 heteroatoms. The number of ether oxygens (including phenoxy) is 8. The molecular formula is C108H184N16O16. The van der Waals surface area contributed by atoms with Crippen LogP contribution in [0.15, 0.2) is 48.5 Å². The summed E-state index contributed by atoms with van der Waals surface area (Å²) in [5, 5.41) is 24.8. The molecule has 792 valence electrons. The summed E-state index contributed by atoms with van der Waals surface area (Å²) >= 11 is 0. The van der Waals surface area contributed by atoms with E-state index in [2.05, 4.69) is 94.5 Å². The zero-order valence-corrected chi connectivity index (χ0v) is 89.8. The van der Waals surface area contributed by atoms with Crippen LogP contribution in [0.1, 0.15) is 276 Å². The third-order valence-corrected chi connectivity index (χ3v) is 24.9. The number of amides is 8. The average molecular weight is 1960 g/mol. The molecule has 0 aromatic heterocycles. The highest BCUT2D eigenvalue weighted by Gasteiger charge is 2.37. The van der Waals surface area contributed by atoms with E-state index in [9.17, 15) is 38.4 Å². The monoisotopic (exact) mass is 1960 g/mol. The van der Waals surface area contributed by atoms with E-state index >= 15 is 0 Å². The molecule has 0 saturated heterocycles. The van der Waals surface area contributed by atoms with Crippen molar-refractivity contribution in [3.8, 4) is 46.0 Å². The van der Waals surface area contributed by atoms with Gasteiger partial charge in [-0.3, -0.25) is 38.4 Å². The van der Waals surface area contributed by atoms with E-state index in [4.69, 9.17) is 37.9 Å². The van der Waals surface area contributed by atoms with Gasteiger partial charge in [-0.2, -0.15) is 0 Å². The molecule has 1 aliphatic rings. The van der Waals surface area contributed by atoms with Crippen molar-refractivity contribution in [1.29, 1.82) is 0 Å². The van der Waals surface area contributed by atoms with Gasteiger partial charge in [-0.25, -0.2) is 0 Å². The maximum atomic E-state index is 14.8. The fourth-order valence-corrected chi connectivity index (χ4v) is 16.9. The minimum absolute atomic E-state index is 0.256. The summed E-state index contributed by atoms with van der Waals surface area (Å²) in [6, 6.07) is 15.7. The maximum Gasteiger partial charge on any atom is 0.257 e. The lowest BCUT2D eigenvalue weighted by Crippen LogP contribution is -2.35. The molecule has 4 aromatic rings. The lowest BCUT2D eigenvalue weighted by Gasteiger charge is -2.32. The Hall–Kier alpha value is -9.28. The van der Waals surface area contributed by atoms with E-state index < -0.39 is 124 Å². The molecule has 4 aromatic carbocycles. The Labute approximate surface area is 841 Å². The summed E-state index contributed by atoms with van der Waals surface area (Å²) in [7, 11) is 31.0. The number of unbranched alkanes of at least 4 members (excludes halogenated alkanes) is 20. The maximum absolute atomic E-state index is 14.8. The SMILES string of the molecule is CCCCCCCCC1c2cc(c(OCC(=O)NCCN(C)C)cc2OCC(=O)NCCN(C)C)C(CCCCCCCC)c2cc(c(OCC(=O)NCCN(C)C)cc2OCC(=O)NCCN(C)C)C(CCCCCCCC)c2cc(c(OCC(=O)NCCN(C)C)cc2OCC(=O)NCCN(C)C)C(CCCCCCCC)c2cc1c(OCC(=O)NCCN(C)C)cc2OCC(=O)NCCN(C)C. The zero-order chi connectivity index (χ0) is 103. The third-order valence-electron chi connectivity index (χ3n) is 24.9. The van der Waals surface area contributed by atoms with Gasteiger partial charge in [0.25, 0.3) is 47.3 Å². The van der Waals surface area contributed by atoms with Gasteiger partial charge in [0.05, 0.1) is 0 Å². The van der Waals surface area contributed by atoms with Gasteiger partial charge in [-0.15, -0.1) is 0 Å². The van der Waals surface area contributed by atoms with Crippen LogP contribution < -0.4 is 80.4 Å². The van der Waals surface area contributed by atoms with Crippen LogP contribution in [0.2, 0.25) is 0 Å². The molecule has 5 rings (SSSR count). The van der Waals surface area contributed by atoms with Crippen molar-refractivity contribution in [2.75, 3.05) is 270 Å². The molecule has 0 radical (unpaired) electrons. The minimum atomic E-state index is -0.781. The first-order valence-corrected chi connectivity index (χ1v) is 52.3. The average Bonchev–Trinajstić information content (AvgIpc) is 0.743. The zero-order valence-electron chi connectivity index (χ0n) is 89.8. The Bertz CT molecular complexity index is 3500. The van der Waals surface area contributed by atoms with Crippen LogP contribution >= 0.6 is 0 Å². The van der Waals surface area contributed by atoms with Crippen molar-refractivity contribution in [3.63, 3.8) is 0 Å². The highest BCUT2D eigenvalue weighted by molar-refractivity contribution is 5.82. The van der Waals surface area contributed by atoms with Crippen molar-refractivity contribution >= 4 is 47.3 Å². The minimum Gasteiger partial charge on any atom is -0.483 e. The van der Waals surface area contributed by atoms with Gasteiger partial charge in [0.15, 0.2) is 52.9 Å². The highest BCUT2D eigenvalue weighted by Crippen LogP contribution is 2.54. The second-order valence-electron chi connectivity index (χ2n) is 39.7. The van der Waals surface area contributed by atoms with E-state index in [0.29, 0.717) is 201 Å². The van der Waals surface area contributed by atoms with Gasteiger partial charge in [-0.1, -0.05) is 182 Å². The lowest BCUT2D eigenvalue weighted by atomic mass is 9.76. The second kappa shape index (κ2) is 70.4. The van der Waals surface area contributed by atoms with Gasteiger partial charge in [0.2, 0.25) is 0 Å². The van der Waals surface area contributed by atoms with Gasteiger partial charge in [0, 0.05) is 197 Å². The number of hydrogen-bond acceptors (Lipinski definition) is 24. The second-order valence-corrected chi connectivity index (χ2v) is 39.7. The lowest BCUT2D eigenvalue weighted by molar-refractivity contribution is -0.124. The predicted octanol–water partition coefficient (Wildman–Crippen LogP) is 12.0. The van der Waals surface area contributed by atoms with Gasteiger partial charge >= 0.3 is 0 Å². The number of rotatable bonds is 76. The Kier molecular flexibility index (Phi) is 61.0. The van der Waals surface area contributed by atoms with Gasteiger partial charge in [0.1, 0.15) is 46.0 Å². The number of nitrogens with zero attached hydrogens (tertiary/aromatic N) is 8. The Morgan fingerprint density at radius 1 is 0.193 bits per heavy atom. The molecule has 8 N–H and O–H groups in total. The van der Waals surface area contributed by atoms with Crippen molar-refractivity contribution in [3.05, 3.63) is 93.0 Å². The van der Waals surface area contributed by atoms with E-state index in [1.54, 1.807) is 0 Å². The van der Waals surface area contributed by atoms with Crippen LogP contribution in [0.3, 0.4) is 0 Å². The number of carbonyl (C=O) groups excluding carboxylic acids is 8. The van der Waals surface area contributed by atoms with Crippen LogP contribution in [0.25, 0.3) is 0 Å². The molecule has 0 aliphatic heterocycles. The van der Waals surface area contributed by atoms with Crippen LogP contribution in [0.5, 0.6) is 46.0 Å². The number of hydrogen-bond donors (Lipinski definition) is 8. The van der Waals surface area contributed by atoms with E-state index in [1.807, 2.05) is 176 Å². The molecule has 0 fully saturated rings. The fourth-order valence-electron chi connectivity index (χ4n) is 16.9. The number of nitrogens with one attached hydrogen (secondary N) is 8. The quantitative estimate of drug-likeness (QED) is 0.0190. The smallest absolute Gasteiger partial charge is 0.257 e. The first kappa shape index (κ1) is 121. The molecule has 1 aliphatic carbocycles. The largest absolute Gasteiger partial charge is 0.483 e. The van der Waals surface area contributed by atoms with Gasteiger partial charge < -0.3 is 120 Å². The van der Waals surface area contributed by atoms with Crippen LogP contribution in [0.4, 0.5) is 0 Å². The van der Waals surface area contributed by atoms with Crippen molar-refractivity contribution in [2.24, 2.45) is 0 Å². The fraction of sp³-hybridized carbons (Fsp3) is 0.704. The summed E-state index contributed by atoms with van der Waals surface area (Å²) in [5.41, 5.74) is 4.84. The molecule has 8 bridgehead atoms. The number of fused-ring (bicyclic) bond motifs is 8. The number of benzene rings is 4. The Morgan fingerprint density at radius 2 is 0.314 bits per heavy atom. The summed E-state index contributed by atoms with van der Waals surface area (Å²) in [6.07, 6.45) is 23.3. The van der Waals surface area contributed by atoms with E-state index in [-0.39, 0.29) is 46.0 Å². The molecule has 8 amide bonds. The summed E-state index contributed by atoms with van der Waals surface area (Å²) in [6.45, 7) is 12.1. The van der Waals surface area contributed by atoms with E-state index in [1.165, 1.54) is 0 Å². The standard InChI is InChI=1S/C108H184N16O16/c1-21-25-29-33-37-41-45-81-85-65-87(95(135-75-103(127)111-51-59-119(9)10)69-93(85)133-73-101(125)109-49-57-117(5)6)82(46-42-38-34-30-26-22-2)89-67-91(99(139-79-107(131)115-55-63-123(17)18)71-97(89)137-77-105(129)113-53-61-121(13)14)84(48-44-40-36-32-28-24-4)92-68-90(98(138-78-106(130)114-54-62-122(15)16)72-100(92)140-80-108(132)116-56-64-124(19)20)83(47-43-39-35-31-27-23-3)88-66-86(81)94(134-74-102(126)110-50-58-118(7)8)70-96(88)136-76-104(128)112-52-60-120(11)12/h65-72,81-84H,21-64,73-80H2,1-20H3,(H,109,125)(H,110,126)(H,111,127)(H,112,128)(H,113,129)(H,114,130)(H,115,131)(H,116,132). The van der Waals surface area contributed by atoms with Crippen LogP contribution in [-0.4, -0.2) is 357 Å². The third kappa shape index (κ3) is 49.1. The molecular weight excluding hydrogens is 1780 g/mol. The topological polar surface area (TPSA) is 333 Å². The normalized spacial score (nSPS) is 14.1. The van der Waals surface area contributed by atoms with Gasteiger partial charge in [-0.05, 0) is 163 Å². The Morgan fingerprint density at radius 3 is 0.436 bits per heavy atom. The molecule has 0 unspecified atom stereocenters. The molecule has 0 atom stereocenters. The first-order chi connectivity index (χ1) is 67.2. The summed E-state index contributed by atoms with van der Waals surface area (Å²) in [5.74, 6) is -4.22. The van der Waals surface area contributed by atoms with Crippen LogP contribution in [-0.2, 0) is 38.4 Å². The number of likely N-dealkylation sites (N-methyl/N-ethyl adjacent to an activating group) is 8. The molecule has 0 heterocycles. The van der Waals surface area contributed by atoms with E-state index in [0.717, 1.165) is 128 Å². The van der Waals surface area contributed by atoms with Crippen molar-refractivity contribution in [2.45, 2.75) is 231 Å². The number of carbonyl (C=O) groups is 8. The van der Waals surface area contributed by atoms with Crippen LogP contribution in [0, 0.1) is 0 Å². The highest BCUT2D eigenvalue weighted by atomic mass is 16.5. The molecule has 32 nitrogen and oxygen atoms in total. The summed E-state index contributed by atoms with van der Waals surface area (Å²) < 4.78 is 57.8. The molecule has 0 saturated carbocycles. The molecule has 140 heavy (non-hydrogen) atoms. The molecule has 0 spiro atoms.